The van der Waals surface area contributed by atoms with Gasteiger partial charge < -0.3 is 10.2 Å². The van der Waals surface area contributed by atoms with Crippen LogP contribution in [0.4, 0.5) is 5.69 Å². The Kier molecular flexibility index (Phi) is 4.13. The van der Waals surface area contributed by atoms with E-state index >= 15 is 0 Å². The van der Waals surface area contributed by atoms with E-state index in [-0.39, 0.29) is 5.91 Å². The van der Waals surface area contributed by atoms with Crippen LogP contribution in [0.1, 0.15) is 42.6 Å². The Morgan fingerprint density at radius 3 is 2.74 bits per heavy atom. The Morgan fingerprint density at radius 1 is 1.42 bits per heavy atom. The van der Waals surface area contributed by atoms with E-state index in [9.17, 15) is 4.79 Å². The highest BCUT2D eigenvalue weighted by molar-refractivity contribution is 5.95. The highest BCUT2D eigenvalue weighted by Crippen LogP contribution is 2.26. The number of carbonyl (C=O) groups is 1. The van der Waals surface area contributed by atoms with Gasteiger partial charge >= 0.3 is 0 Å². The second-order valence-corrected chi connectivity index (χ2v) is 5.73. The van der Waals surface area contributed by atoms with Crippen molar-refractivity contribution in [2.75, 3.05) is 18.9 Å². The number of likely N-dealkylation sites (tertiary alicyclic amines) is 1. The number of carbonyl (C=O) groups excluding carboxylic acids is 1. The highest BCUT2D eigenvalue weighted by Gasteiger charge is 2.31. The van der Waals surface area contributed by atoms with Crippen LogP contribution in [-0.2, 0) is 0 Å². The molecule has 104 valence electrons. The molecule has 0 spiro atoms. The van der Waals surface area contributed by atoms with Crippen LogP contribution in [0.15, 0.2) is 18.2 Å². The summed E-state index contributed by atoms with van der Waals surface area (Å²) in [5.74, 6) is 0.714. The maximum atomic E-state index is 12.6. The van der Waals surface area contributed by atoms with Crippen LogP contribution < -0.4 is 5.32 Å². The van der Waals surface area contributed by atoms with Crippen molar-refractivity contribution in [2.45, 2.75) is 39.7 Å². The van der Waals surface area contributed by atoms with Gasteiger partial charge in [0.1, 0.15) is 0 Å². The molecule has 1 saturated heterocycles. The first-order chi connectivity index (χ1) is 9.04. The maximum absolute atomic E-state index is 12.6. The zero-order chi connectivity index (χ0) is 14.0. The number of hydrogen-bond acceptors (Lipinski definition) is 2. The molecule has 1 heterocycles. The van der Waals surface area contributed by atoms with Crippen LogP contribution in [0.2, 0.25) is 0 Å². The lowest BCUT2D eigenvalue weighted by Gasteiger charge is -2.28. The average molecular weight is 260 g/mol. The van der Waals surface area contributed by atoms with Crippen LogP contribution in [0, 0.1) is 12.8 Å². The molecule has 0 aromatic heterocycles. The molecule has 1 unspecified atom stereocenters. The standard InChI is InChI=1S/C16H24N2O/c1-11(2)15-6-5-9-18(15)16(19)13-7-8-14(17-4)12(3)10-13/h7-8,10-11,15,17H,5-6,9H2,1-4H3. The Bertz CT molecular complexity index is 468. The summed E-state index contributed by atoms with van der Waals surface area (Å²) in [5, 5.41) is 3.13. The minimum atomic E-state index is 0.182. The predicted octanol–water partition coefficient (Wildman–Crippen LogP) is 3.30. The summed E-state index contributed by atoms with van der Waals surface area (Å²) >= 11 is 0. The van der Waals surface area contributed by atoms with Gasteiger partial charge in [-0.15, -0.1) is 0 Å². The first kappa shape index (κ1) is 13.9. The SMILES string of the molecule is CNc1ccc(C(=O)N2CCCC2C(C)C)cc1C. The molecule has 0 radical (unpaired) electrons. The van der Waals surface area contributed by atoms with Gasteiger partial charge in [0.25, 0.3) is 5.91 Å². The molecule has 1 aliphatic heterocycles. The summed E-state index contributed by atoms with van der Waals surface area (Å²) in [7, 11) is 1.90. The predicted molar refractivity (Wildman–Crippen MR) is 79.6 cm³/mol. The number of rotatable bonds is 3. The largest absolute Gasteiger partial charge is 0.388 e. The van der Waals surface area contributed by atoms with Crippen LogP contribution in [0.3, 0.4) is 0 Å². The summed E-state index contributed by atoms with van der Waals surface area (Å²) in [6.07, 6.45) is 2.26. The molecule has 3 heteroatoms. The van der Waals surface area contributed by atoms with Crippen molar-refractivity contribution in [3.8, 4) is 0 Å². The summed E-state index contributed by atoms with van der Waals surface area (Å²) in [6, 6.07) is 6.31. The van der Waals surface area contributed by atoms with Crippen molar-refractivity contribution >= 4 is 11.6 Å². The molecule has 2 rings (SSSR count). The van der Waals surface area contributed by atoms with Gasteiger partial charge in [-0.1, -0.05) is 13.8 Å². The number of nitrogens with one attached hydrogen (secondary N) is 1. The molecule has 0 aliphatic carbocycles. The molecule has 1 N–H and O–H groups in total. The maximum Gasteiger partial charge on any atom is 0.254 e. The van der Waals surface area contributed by atoms with Gasteiger partial charge in [0, 0.05) is 30.9 Å². The lowest BCUT2D eigenvalue weighted by molar-refractivity contribution is 0.0701. The van der Waals surface area contributed by atoms with Crippen molar-refractivity contribution in [3.63, 3.8) is 0 Å². The van der Waals surface area contributed by atoms with E-state index in [1.807, 2.05) is 32.2 Å². The number of aryl methyl sites for hydroxylation is 1. The minimum Gasteiger partial charge on any atom is -0.388 e. The molecule has 1 aromatic carbocycles. The van der Waals surface area contributed by atoms with Crippen LogP contribution >= 0.6 is 0 Å². The third-order valence-corrected chi connectivity index (χ3v) is 4.07. The zero-order valence-electron chi connectivity index (χ0n) is 12.4. The van der Waals surface area contributed by atoms with E-state index in [2.05, 4.69) is 24.1 Å². The fraction of sp³-hybridized carbons (Fsp3) is 0.562. The molecule has 1 aromatic rings. The lowest BCUT2D eigenvalue weighted by Crippen LogP contribution is -2.38. The molecule has 3 nitrogen and oxygen atoms in total. The summed E-state index contributed by atoms with van der Waals surface area (Å²) in [5.41, 5.74) is 3.01. The summed E-state index contributed by atoms with van der Waals surface area (Å²) in [4.78, 5) is 14.7. The quantitative estimate of drug-likeness (QED) is 0.904. The number of nitrogens with zero attached hydrogens (tertiary/aromatic N) is 1. The Hall–Kier alpha value is -1.51. The topological polar surface area (TPSA) is 32.3 Å². The minimum absolute atomic E-state index is 0.182. The van der Waals surface area contributed by atoms with Crippen LogP contribution in [-0.4, -0.2) is 30.4 Å². The Morgan fingerprint density at radius 2 is 2.16 bits per heavy atom. The molecule has 19 heavy (non-hydrogen) atoms. The number of hydrogen-bond donors (Lipinski definition) is 1. The van der Waals surface area contributed by atoms with Gasteiger partial charge in [-0.3, -0.25) is 4.79 Å². The van der Waals surface area contributed by atoms with Gasteiger partial charge in [0.2, 0.25) is 0 Å². The first-order valence-electron chi connectivity index (χ1n) is 7.14. The molecular weight excluding hydrogens is 236 g/mol. The zero-order valence-corrected chi connectivity index (χ0v) is 12.4. The Labute approximate surface area is 116 Å². The normalized spacial score (nSPS) is 19.0. The fourth-order valence-corrected chi connectivity index (χ4v) is 2.98. The third kappa shape index (κ3) is 2.75. The lowest BCUT2D eigenvalue weighted by atomic mass is 10.0. The second-order valence-electron chi connectivity index (χ2n) is 5.73. The molecule has 1 amide bonds. The van der Waals surface area contributed by atoms with Crippen molar-refractivity contribution in [3.05, 3.63) is 29.3 Å². The molecule has 1 aliphatic rings. The van der Waals surface area contributed by atoms with Crippen molar-refractivity contribution < 1.29 is 4.79 Å². The van der Waals surface area contributed by atoms with E-state index < -0.39 is 0 Å². The van der Waals surface area contributed by atoms with E-state index in [1.54, 1.807) is 0 Å². The smallest absolute Gasteiger partial charge is 0.254 e. The van der Waals surface area contributed by atoms with Crippen molar-refractivity contribution in [1.29, 1.82) is 0 Å². The molecule has 1 fully saturated rings. The molecule has 0 bridgehead atoms. The molecule has 0 saturated carbocycles. The summed E-state index contributed by atoms with van der Waals surface area (Å²) in [6.45, 7) is 7.33. The Balaban J connectivity index is 2.22. The van der Waals surface area contributed by atoms with Gasteiger partial charge in [-0.05, 0) is 49.4 Å². The van der Waals surface area contributed by atoms with Crippen LogP contribution in [0.5, 0.6) is 0 Å². The van der Waals surface area contributed by atoms with E-state index in [0.29, 0.717) is 12.0 Å². The van der Waals surface area contributed by atoms with Gasteiger partial charge in [-0.2, -0.15) is 0 Å². The van der Waals surface area contributed by atoms with E-state index in [4.69, 9.17) is 0 Å². The third-order valence-electron chi connectivity index (χ3n) is 4.07. The monoisotopic (exact) mass is 260 g/mol. The van der Waals surface area contributed by atoms with E-state index in [0.717, 1.165) is 36.2 Å². The van der Waals surface area contributed by atoms with Gasteiger partial charge in [0.15, 0.2) is 0 Å². The second kappa shape index (κ2) is 5.64. The van der Waals surface area contributed by atoms with Crippen molar-refractivity contribution in [1.82, 2.24) is 4.90 Å². The van der Waals surface area contributed by atoms with Gasteiger partial charge in [0.05, 0.1) is 0 Å². The average Bonchev–Trinajstić information content (AvgIpc) is 2.87. The number of amides is 1. The summed E-state index contributed by atoms with van der Waals surface area (Å²) < 4.78 is 0. The first-order valence-corrected chi connectivity index (χ1v) is 7.14. The number of benzene rings is 1. The number of anilines is 1. The highest BCUT2D eigenvalue weighted by atomic mass is 16.2. The van der Waals surface area contributed by atoms with Crippen LogP contribution in [0.25, 0.3) is 0 Å². The molecular formula is C16H24N2O. The fourth-order valence-electron chi connectivity index (χ4n) is 2.98. The molecule has 1 atom stereocenters. The van der Waals surface area contributed by atoms with Crippen molar-refractivity contribution in [2.24, 2.45) is 5.92 Å². The van der Waals surface area contributed by atoms with Gasteiger partial charge in [-0.25, -0.2) is 0 Å². The van der Waals surface area contributed by atoms with E-state index in [1.165, 1.54) is 0 Å².